The topological polar surface area (TPSA) is 68.6 Å². The normalized spacial score (nSPS) is 10.9. The van der Waals surface area contributed by atoms with E-state index in [1.165, 1.54) is 7.11 Å². The van der Waals surface area contributed by atoms with Gasteiger partial charge in [0.2, 0.25) is 0 Å². The molecule has 1 aromatic carbocycles. The van der Waals surface area contributed by atoms with E-state index in [-0.39, 0.29) is 18.2 Å². The highest BCUT2D eigenvalue weighted by Gasteiger charge is 2.27. The van der Waals surface area contributed by atoms with Gasteiger partial charge in [-0.3, -0.25) is 9.59 Å². The smallest absolute Gasteiger partial charge is 0.354 e. The molecule has 1 amide bonds. The summed E-state index contributed by atoms with van der Waals surface area (Å²) in [6.45, 7) is 8.16. The van der Waals surface area contributed by atoms with Crippen LogP contribution >= 0.6 is 0 Å². The fourth-order valence-corrected chi connectivity index (χ4v) is 3.46. The third-order valence-corrected chi connectivity index (χ3v) is 5.21. The zero-order chi connectivity index (χ0) is 21.7. The van der Waals surface area contributed by atoms with E-state index >= 15 is 0 Å². The lowest BCUT2D eigenvalue weighted by atomic mass is 10.0. The van der Waals surface area contributed by atoms with Crippen LogP contribution in [0.1, 0.15) is 62.7 Å². The second-order valence-corrected chi connectivity index (χ2v) is 7.68. The van der Waals surface area contributed by atoms with Gasteiger partial charge in [0.15, 0.2) is 5.78 Å². The van der Waals surface area contributed by atoms with Crippen molar-refractivity contribution >= 4 is 17.7 Å². The van der Waals surface area contributed by atoms with Gasteiger partial charge >= 0.3 is 5.97 Å². The van der Waals surface area contributed by atoms with Crippen LogP contribution in [-0.2, 0) is 11.8 Å². The number of hydrogen-bond acceptors (Lipinski definition) is 4. The summed E-state index contributed by atoms with van der Waals surface area (Å²) >= 11 is 0. The lowest BCUT2D eigenvalue weighted by molar-refractivity contribution is 0.0588. The fourth-order valence-electron chi connectivity index (χ4n) is 3.46. The van der Waals surface area contributed by atoms with Crippen LogP contribution in [0.3, 0.4) is 0 Å². The summed E-state index contributed by atoms with van der Waals surface area (Å²) in [5, 5.41) is 0. The number of amides is 1. The molecule has 6 heteroatoms. The van der Waals surface area contributed by atoms with Crippen molar-refractivity contribution in [3.63, 3.8) is 0 Å². The van der Waals surface area contributed by atoms with Crippen LogP contribution in [0.15, 0.2) is 30.3 Å². The first-order chi connectivity index (χ1) is 13.7. The number of nitrogens with zero attached hydrogens (tertiary/aromatic N) is 2. The molecule has 0 aliphatic carbocycles. The molecule has 1 heterocycles. The molecule has 0 unspecified atom stereocenters. The van der Waals surface area contributed by atoms with Crippen LogP contribution in [0, 0.1) is 19.8 Å². The summed E-state index contributed by atoms with van der Waals surface area (Å²) in [7, 11) is 3.05. The molecule has 0 spiro atoms. The van der Waals surface area contributed by atoms with Crippen LogP contribution in [0.2, 0.25) is 0 Å². The second-order valence-electron chi connectivity index (χ2n) is 7.68. The molecule has 0 N–H and O–H groups in total. The zero-order valence-electron chi connectivity index (χ0n) is 18.1. The number of carbonyl (C=O) groups excluding carboxylic acids is 3. The minimum atomic E-state index is -0.482. The van der Waals surface area contributed by atoms with Crippen molar-refractivity contribution in [3.8, 4) is 0 Å². The molecule has 29 heavy (non-hydrogen) atoms. The average molecular weight is 399 g/mol. The van der Waals surface area contributed by atoms with Crippen LogP contribution in [0.25, 0.3) is 0 Å². The second kappa shape index (κ2) is 9.54. The number of ether oxygens (including phenoxy) is 1. The summed E-state index contributed by atoms with van der Waals surface area (Å²) < 4.78 is 6.52. The molecule has 0 aliphatic heterocycles. The summed E-state index contributed by atoms with van der Waals surface area (Å²) in [6.07, 6.45) is 0.798. The van der Waals surface area contributed by atoms with E-state index < -0.39 is 5.97 Å². The van der Waals surface area contributed by atoms with Gasteiger partial charge in [-0.2, -0.15) is 0 Å². The number of aromatic nitrogens is 1. The number of methoxy groups -OCH3 is 1. The number of ketones is 1. The van der Waals surface area contributed by atoms with Gasteiger partial charge in [0.05, 0.1) is 13.7 Å². The van der Waals surface area contributed by atoms with Gasteiger partial charge in [-0.25, -0.2) is 4.79 Å². The largest absolute Gasteiger partial charge is 0.464 e. The van der Waals surface area contributed by atoms with Gasteiger partial charge in [0.1, 0.15) is 5.69 Å². The first-order valence-corrected chi connectivity index (χ1v) is 9.80. The van der Waals surface area contributed by atoms with Gasteiger partial charge in [0, 0.05) is 30.4 Å². The predicted molar refractivity (Wildman–Crippen MR) is 112 cm³/mol. The Hall–Kier alpha value is -2.89. The summed E-state index contributed by atoms with van der Waals surface area (Å²) in [4.78, 5) is 39.9. The third-order valence-electron chi connectivity index (χ3n) is 5.21. The molecular formula is C23H30N2O4. The monoisotopic (exact) mass is 398 g/mol. The lowest BCUT2D eigenvalue weighted by Gasteiger charge is -2.23. The summed E-state index contributed by atoms with van der Waals surface area (Å²) in [5.74, 6) is -0.427. The minimum absolute atomic E-state index is 0.0350. The molecule has 156 valence electrons. The Labute approximate surface area is 172 Å². The molecule has 0 fully saturated rings. The van der Waals surface area contributed by atoms with Crippen molar-refractivity contribution < 1.29 is 19.1 Å². The van der Waals surface area contributed by atoms with Crippen molar-refractivity contribution in [2.24, 2.45) is 13.0 Å². The predicted octanol–water partition coefficient (Wildman–Crippen LogP) is 3.80. The number of esters is 1. The highest BCUT2D eigenvalue weighted by atomic mass is 16.5. The summed E-state index contributed by atoms with van der Waals surface area (Å²) in [6, 6.07) is 8.98. The van der Waals surface area contributed by atoms with E-state index in [2.05, 4.69) is 13.8 Å². The van der Waals surface area contributed by atoms with Gasteiger partial charge in [0.25, 0.3) is 5.91 Å². The molecule has 0 saturated carbocycles. The summed E-state index contributed by atoms with van der Waals surface area (Å²) in [5.41, 5.74) is 2.65. The van der Waals surface area contributed by atoms with E-state index in [1.54, 1.807) is 42.5 Å². The van der Waals surface area contributed by atoms with Crippen LogP contribution < -0.4 is 0 Å². The molecule has 6 nitrogen and oxygen atoms in total. The van der Waals surface area contributed by atoms with E-state index in [0.29, 0.717) is 40.5 Å². The van der Waals surface area contributed by atoms with Gasteiger partial charge < -0.3 is 14.2 Å². The van der Waals surface area contributed by atoms with Gasteiger partial charge in [-0.1, -0.05) is 32.0 Å². The van der Waals surface area contributed by atoms with Crippen molar-refractivity contribution in [3.05, 3.63) is 58.4 Å². The van der Waals surface area contributed by atoms with E-state index in [4.69, 9.17) is 4.74 Å². The number of rotatable bonds is 8. The zero-order valence-corrected chi connectivity index (χ0v) is 18.1. The molecule has 0 bridgehead atoms. The highest BCUT2D eigenvalue weighted by molar-refractivity contribution is 6.06. The Balaban J connectivity index is 2.35. The SMILES string of the molecule is COC(=O)c1c(C)c(C(=O)CN(CCC(C)C)C(=O)c2ccccc2)c(C)n1C. The van der Waals surface area contributed by atoms with E-state index in [9.17, 15) is 14.4 Å². The number of benzene rings is 1. The standard InChI is InChI=1S/C23H30N2O4/c1-15(2)12-13-25(22(27)18-10-8-7-9-11-18)14-19(26)20-16(3)21(23(28)29-6)24(5)17(20)4/h7-11,15H,12-14H2,1-6H3. The third kappa shape index (κ3) is 4.94. The maximum atomic E-state index is 13.2. The van der Waals surface area contributed by atoms with Crippen molar-refractivity contribution in [1.29, 1.82) is 0 Å². The number of hydrogen-bond donors (Lipinski definition) is 0. The molecule has 0 saturated heterocycles. The average Bonchev–Trinajstić information content (AvgIpc) is 2.93. The first kappa shape index (κ1) is 22.4. The fraction of sp³-hybridized carbons (Fsp3) is 0.435. The maximum absolute atomic E-state index is 13.2. The molecular weight excluding hydrogens is 368 g/mol. The Bertz CT molecular complexity index is 897. The molecule has 1 aromatic heterocycles. The van der Waals surface area contributed by atoms with E-state index in [1.807, 2.05) is 18.2 Å². The van der Waals surface area contributed by atoms with Crippen LogP contribution in [-0.4, -0.2) is 47.3 Å². The molecule has 0 radical (unpaired) electrons. The Morgan fingerprint density at radius 1 is 1.10 bits per heavy atom. The molecule has 0 atom stereocenters. The molecule has 2 rings (SSSR count). The number of carbonyl (C=O) groups is 3. The Morgan fingerprint density at radius 3 is 2.28 bits per heavy atom. The van der Waals surface area contributed by atoms with Crippen LogP contribution in [0.4, 0.5) is 0 Å². The minimum Gasteiger partial charge on any atom is -0.464 e. The molecule has 0 aliphatic rings. The van der Waals surface area contributed by atoms with Crippen LogP contribution in [0.5, 0.6) is 0 Å². The molecule has 2 aromatic rings. The quantitative estimate of drug-likeness (QED) is 0.501. The Kier molecular flexibility index (Phi) is 7.37. The van der Waals surface area contributed by atoms with Crippen molar-refractivity contribution in [1.82, 2.24) is 9.47 Å². The Morgan fingerprint density at radius 2 is 1.72 bits per heavy atom. The highest BCUT2D eigenvalue weighted by Crippen LogP contribution is 2.23. The van der Waals surface area contributed by atoms with Gasteiger partial charge in [-0.05, 0) is 43.9 Å². The first-order valence-electron chi connectivity index (χ1n) is 9.80. The van der Waals surface area contributed by atoms with Crippen molar-refractivity contribution in [2.75, 3.05) is 20.2 Å². The van der Waals surface area contributed by atoms with Gasteiger partial charge in [-0.15, -0.1) is 0 Å². The number of Topliss-reactive ketones (excluding diaryl/α,β-unsaturated/α-hetero) is 1. The lowest BCUT2D eigenvalue weighted by Crippen LogP contribution is -2.37. The van der Waals surface area contributed by atoms with E-state index in [0.717, 1.165) is 6.42 Å². The van der Waals surface area contributed by atoms with Crippen molar-refractivity contribution in [2.45, 2.75) is 34.1 Å². The maximum Gasteiger partial charge on any atom is 0.354 e.